The van der Waals surface area contributed by atoms with Gasteiger partial charge in [-0.2, -0.15) is 23.3 Å². The molecule has 0 saturated carbocycles. The summed E-state index contributed by atoms with van der Waals surface area (Å²) in [5.41, 5.74) is 3.55. The van der Waals surface area contributed by atoms with Crippen LogP contribution in [-0.2, 0) is 22.6 Å². The first kappa shape index (κ1) is 27.8. The van der Waals surface area contributed by atoms with Gasteiger partial charge < -0.3 is 15.2 Å². The summed E-state index contributed by atoms with van der Waals surface area (Å²) in [6, 6.07) is 11.0. The van der Waals surface area contributed by atoms with Gasteiger partial charge in [-0.1, -0.05) is 6.07 Å². The van der Waals surface area contributed by atoms with Gasteiger partial charge in [0.05, 0.1) is 19.0 Å². The number of hydrogen-bond donors (Lipinski definition) is 3. The van der Waals surface area contributed by atoms with E-state index in [0.29, 0.717) is 22.8 Å². The summed E-state index contributed by atoms with van der Waals surface area (Å²) in [5, 5.41) is 10.1. The summed E-state index contributed by atoms with van der Waals surface area (Å²) in [7, 11) is 0.120. The van der Waals surface area contributed by atoms with E-state index in [1.807, 2.05) is 0 Å². The molecule has 10 nitrogen and oxygen atoms in total. The lowest BCUT2D eigenvalue weighted by atomic mass is 10.1. The van der Waals surface area contributed by atoms with Crippen LogP contribution >= 0.6 is 7.14 Å². The summed E-state index contributed by atoms with van der Waals surface area (Å²) in [4.78, 5) is 24.3. The number of anilines is 4. The Bertz CT molecular complexity index is 1550. The molecule has 0 aliphatic heterocycles. The molecule has 39 heavy (non-hydrogen) atoms. The maximum absolute atomic E-state index is 13.9. The van der Waals surface area contributed by atoms with Crippen LogP contribution in [0.2, 0.25) is 0 Å². The van der Waals surface area contributed by atoms with Crippen molar-refractivity contribution in [3.63, 3.8) is 0 Å². The van der Waals surface area contributed by atoms with Gasteiger partial charge in [-0.25, -0.2) is 10.5 Å². The lowest BCUT2D eigenvalue weighted by Crippen LogP contribution is -2.21. The number of carbonyl (C=O) groups is 1. The van der Waals surface area contributed by atoms with Crippen molar-refractivity contribution < 1.29 is 27.4 Å². The monoisotopic (exact) mass is 559 g/mol. The molecular weight excluding hydrogens is 534 g/mol. The van der Waals surface area contributed by atoms with Gasteiger partial charge in [0.15, 0.2) is 0 Å². The van der Waals surface area contributed by atoms with Crippen molar-refractivity contribution in [3.05, 3.63) is 72.2 Å². The maximum Gasteiger partial charge on any atom is 0.421 e. The zero-order valence-electron chi connectivity index (χ0n) is 21.4. The first-order chi connectivity index (χ1) is 18.3. The average Bonchev–Trinajstić information content (AvgIpc) is 3.30. The highest BCUT2D eigenvalue weighted by atomic mass is 31.2. The van der Waals surface area contributed by atoms with Gasteiger partial charge in [0.1, 0.15) is 18.5 Å². The van der Waals surface area contributed by atoms with Crippen molar-refractivity contribution >= 4 is 41.5 Å². The number of amides is 1. The summed E-state index contributed by atoms with van der Waals surface area (Å²) >= 11 is 0. The fourth-order valence-corrected chi connectivity index (χ4v) is 4.85. The number of nitrogens with one attached hydrogen (secondary N) is 3. The molecular formula is C25H25F3N7O3P. The molecule has 0 aliphatic carbocycles. The highest BCUT2D eigenvalue weighted by Gasteiger charge is 2.36. The third kappa shape index (κ3) is 6.62. The summed E-state index contributed by atoms with van der Waals surface area (Å²) < 4.78 is 56.4. The molecule has 4 aromatic rings. The SMILES string of the molecule is CONC(=O)c1ccc(Nc2ncc(C(F)(F)F)c(Nc3ccc(-c4cnn(C)c4)cc3P(C)(C)=O)n2)cc1. The van der Waals surface area contributed by atoms with E-state index >= 15 is 0 Å². The molecule has 2 heterocycles. The van der Waals surface area contributed by atoms with Crippen LogP contribution in [0.3, 0.4) is 0 Å². The van der Waals surface area contributed by atoms with E-state index in [-0.39, 0.29) is 11.6 Å². The van der Waals surface area contributed by atoms with Crippen molar-refractivity contribution in [2.75, 3.05) is 31.1 Å². The Kier molecular flexibility index (Phi) is 7.75. The number of nitrogens with zero attached hydrogens (tertiary/aromatic N) is 4. The smallest absolute Gasteiger partial charge is 0.339 e. The van der Waals surface area contributed by atoms with Gasteiger partial charge in [0, 0.05) is 41.6 Å². The predicted molar refractivity (Wildman–Crippen MR) is 142 cm³/mol. The molecule has 0 unspecified atom stereocenters. The van der Waals surface area contributed by atoms with Gasteiger partial charge in [-0.15, -0.1) is 0 Å². The van der Waals surface area contributed by atoms with Gasteiger partial charge >= 0.3 is 6.18 Å². The fraction of sp³-hybridized carbons (Fsp3) is 0.200. The fourth-order valence-electron chi connectivity index (χ4n) is 3.69. The first-order valence-corrected chi connectivity index (χ1v) is 14.1. The number of hydroxylamine groups is 1. The van der Waals surface area contributed by atoms with E-state index < -0.39 is 30.6 Å². The molecule has 4 rings (SSSR count). The van der Waals surface area contributed by atoms with Gasteiger partial charge in [0.2, 0.25) is 5.95 Å². The zero-order chi connectivity index (χ0) is 28.4. The number of aryl methyl sites for hydroxylation is 1. The standard InChI is InChI=1S/C25H25F3N7O3P/c1-35-14-17(12-30-35)16-7-10-20(21(11-16)39(3,4)37)32-22-19(25(26,27)28)13-29-24(33-22)31-18-8-5-15(6-9-18)23(36)34-38-2/h5-14H,1-4H3,(H,34,36)(H2,29,31,32,33). The van der Waals surface area contributed by atoms with Crippen LogP contribution in [0.1, 0.15) is 15.9 Å². The molecule has 2 aromatic carbocycles. The Labute approximate surface area is 222 Å². The van der Waals surface area contributed by atoms with Crippen LogP contribution in [0.5, 0.6) is 0 Å². The number of rotatable bonds is 8. The molecule has 0 saturated heterocycles. The Hall–Kier alpha value is -4.22. The lowest BCUT2D eigenvalue weighted by Gasteiger charge is -2.19. The second-order valence-corrected chi connectivity index (χ2v) is 12.1. The second-order valence-electron chi connectivity index (χ2n) is 8.90. The average molecular weight is 559 g/mol. The van der Waals surface area contributed by atoms with Crippen molar-refractivity contribution in [1.29, 1.82) is 0 Å². The maximum atomic E-state index is 13.9. The van der Waals surface area contributed by atoms with E-state index in [2.05, 4.69) is 36.0 Å². The highest BCUT2D eigenvalue weighted by Crippen LogP contribution is 2.41. The van der Waals surface area contributed by atoms with Crippen molar-refractivity contribution in [2.45, 2.75) is 6.18 Å². The largest absolute Gasteiger partial charge is 0.421 e. The lowest BCUT2D eigenvalue weighted by molar-refractivity contribution is -0.137. The summed E-state index contributed by atoms with van der Waals surface area (Å²) in [6.45, 7) is 3.07. The number of benzene rings is 2. The van der Waals surface area contributed by atoms with E-state index in [0.717, 1.165) is 11.1 Å². The minimum Gasteiger partial charge on any atom is -0.339 e. The quantitative estimate of drug-likeness (QED) is 0.205. The van der Waals surface area contributed by atoms with Crippen molar-refractivity contribution in [3.8, 4) is 11.1 Å². The number of carbonyl (C=O) groups excluding carboxylic acids is 1. The van der Waals surface area contributed by atoms with E-state index in [1.165, 1.54) is 32.6 Å². The minimum atomic E-state index is -4.75. The molecule has 3 N–H and O–H groups in total. The number of aromatic nitrogens is 4. The van der Waals surface area contributed by atoms with Crippen LogP contribution in [0.4, 0.5) is 36.3 Å². The number of halogens is 3. The zero-order valence-corrected chi connectivity index (χ0v) is 22.3. The van der Waals surface area contributed by atoms with Crippen LogP contribution in [0.25, 0.3) is 11.1 Å². The minimum absolute atomic E-state index is 0.121. The molecule has 14 heteroatoms. The molecule has 1 amide bonds. The van der Waals surface area contributed by atoms with E-state index in [1.54, 1.807) is 54.5 Å². The third-order valence-corrected chi connectivity index (χ3v) is 7.09. The summed E-state index contributed by atoms with van der Waals surface area (Å²) in [5.74, 6) is -1.10. The van der Waals surface area contributed by atoms with Crippen LogP contribution in [-0.4, -0.2) is 46.1 Å². The predicted octanol–water partition coefficient (Wildman–Crippen LogP) is 4.92. The number of alkyl halides is 3. The van der Waals surface area contributed by atoms with Gasteiger partial charge in [-0.05, 0) is 55.3 Å². The highest BCUT2D eigenvalue weighted by molar-refractivity contribution is 7.70. The van der Waals surface area contributed by atoms with Gasteiger partial charge in [0.25, 0.3) is 5.91 Å². The van der Waals surface area contributed by atoms with Crippen LogP contribution < -0.4 is 21.4 Å². The molecule has 2 aromatic heterocycles. The molecule has 0 spiro atoms. The van der Waals surface area contributed by atoms with Crippen molar-refractivity contribution in [2.24, 2.45) is 7.05 Å². The van der Waals surface area contributed by atoms with E-state index in [4.69, 9.17) is 0 Å². The Balaban J connectivity index is 1.69. The number of hydrogen-bond acceptors (Lipinski definition) is 8. The molecule has 0 radical (unpaired) electrons. The molecule has 0 atom stereocenters. The molecule has 0 aliphatic rings. The van der Waals surface area contributed by atoms with E-state index in [9.17, 15) is 22.5 Å². The summed E-state index contributed by atoms with van der Waals surface area (Å²) in [6.07, 6.45) is -0.666. The van der Waals surface area contributed by atoms with Gasteiger partial charge in [-0.3, -0.25) is 14.3 Å². The third-order valence-electron chi connectivity index (χ3n) is 5.56. The Morgan fingerprint density at radius 2 is 1.74 bits per heavy atom. The topological polar surface area (TPSA) is 123 Å². The first-order valence-electron chi connectivity index (χ1n) is 11.5. The molecule has 0 bridgehead atoms. The van der Waals surface area contributed by atoms with Crippen LogP contribution in [0.15, 0.2) is 61.1 Å². The Morgan fingerprint density at radius 3 is 2.33 bits per heavy atom. The second kappa shape index (κ2) is 10.9. The molecule has 0 fully saturated rings. The van der Waals surface area contributed by atoms with Crippen molar-refractivity contribution in [1.82, 2.24) is 25.2 Å². The molecule has 204 valence electrons. The van der Waals surface area contributed by atoms with Crippen LogP contribution in [0, 0.1) is 0 Å². The Morgan fingerprint density at radius 1 is 1.03 bits per heavy atom. The normalized spacial score (nSPS) is 11.8.